The second-order valence-corrected chi connectivity index (χ2v) is 7.84. The van der Waals surface area contributed by atoms with Crippen LogP contribution in [0.2, 0.25) is 0 Å². The summed E-state index contributed by atoms with van der Waals surface area (Å²) in [5, 5.41) is 3.45. The van der Waals surface area contributed by atoms with Crippen molar-refractivity contribution in [2.75, 3.05) is 72.5 Å². The molecular weight excluding hydrogens is 328 g/mol. The van der Waals surface area contributed by atoms with Crippen LogP contribution in [0.15, 0.2) is 4.99 Å². The lowest BCUT2D eigenvalue weighted by molar-refractivity contribution is -0.130. The number of piperazine rings is 2. The minimum absolute atomic E-state index is 0.168. The maximum absolute atomic E-state index is 11.5. The van der Waals surface area contributed by atoms with Gasteiger partial charge < -0.3 is 20.0 Å². The lowest BCUT2D eigenvalue weighted by Gasteiger charge is -2.40. The number of guanidine groups is 1. The van der Waals surface area contributed by atoms with Crippen LogP contribution in [-0.4, -0.2) is 110 Å². The molecule has 1 amide bonds. The molecule has 7 heteroatoms. The number of rotatable bonds is 5. The highest BCUT2D eigenvalue weighted by atomic mass is 16.2. The Bertz CT molecular complexity index is 465. The quantitative estimate of drug-likeness (QED) is 0.563. The Morgan fingerprint density at radius 3 is 2.08 bits per heavy atom. The fourth-order valence-corrected chi connectivity index (χ4v) is 3.74. The minimum Gasteiger partial charge on any atom is -0.357 e. The van der Waals surface area contributed by atoms with Crippen LogP contribution < -0.4 is 5.32 Å². The normalized spacial score (nSPS) is 22.0. The molecule has 26 heavy (non-hydrogen) atoms. The van der Waals surface area contributed by atoms with E-state index in [1.165, 1.54) is 0 Å². The lowest BCUT2D eigenvalue weighted by Crippen LogP contribution is -2.54. The van der Waals surface area contributed by atoms with Crippen molar-refractivity contribution in [3.05, 3.63) is 0 Å². The van der Waals surface area contributed by atoms with E-state index >= 15 is 0 Å². The summed E-state index contributed by atoms with van der Waals surface area (Å²) in [6, 6.07) is 0.482. The molecule has 0 saturated carbocycles. The van der Waals surface area contributed by atoms with Crippen LogP contribution in [0.25, 0.3) is 0 Å². The number of aliphatic imine (C=N–C) groups is 1. The van der Waals surface area contributed by atoms with Gasteiger partial charge in [0.25, 0.3) is 0 Å². The molecule has 0 aromatic heterocycles. The molecule has 0 aromatic carbocycles. The molecule has 2 rings (SSSR count). The molecule has 1 N–H and O–H groups in total. The van der Waals surface area contributed by atoms with Crippen LogP contribution in [0.4, 0.5) is 0 Å². The van der Waals surface area contributed by atoms with Crippen molar-refractivity contribution < 1.29 is 4.79 Å². The zero-order valence-corrected chi connectivity index (χ0v) is 17.4. The van der Waals surface area contributed by atoms with Crippen LogP contribution >= 0.6 is 0 Å². The Balaban J connectivity index is 1.98. The fourth-order valence-electron chi connectivity index (χ4n) is 3.74. The molecule has 0 aliphatic carbocycles. The number of carbonyl (C=O) groups is 1. The molecule has 2 heterocycles. The van der Waals surface area contributed by atoms with Crippen molar-refractivity contribution in [1.29, 1.82) is 0 Å². The van der Waals surface area contributed by atoms with Crippen molar-refractivity contribution in [2.45, 2.75) is 33.7 Å². The van der Waals surface area contributed by atoms with Gasteiger partial charge >= 0.3 is 0 Å². The Hall–Kier alpha value is -1.34. The van der Waals surface area contributed by atoms with Gasteiger partial charge in [-0.2, -0.15) is 0 Å². The molecule has 2 aliphatic heterocycles. The predicted molar refractivity (Wildman–Crippen MR) is 108 cm³/mol. The molecule has 0 spiro atoms. The van der Waals surface area contributed by atoms with Gasteiger partial charge in [0.1, 0.15) is 0 Å². The Morgan fingerprint density at radius 1 is 1.00 bits per heavy atom. The number of amides is 1. The number of nitrogens with zero attached hydrogens (tertiary/aromatic N) is 5. The summed E-state index contributed by atoms with van der Waals surface area (Å²) in [6.07, 6.45) is 0. The lowest BCUT2D eigenvalue weighted by atomic mass is 10.0. The number of hydrogen-bond acceptors (Lipinski definition) is 4. The van der Waals surface area contributed by atoms with Crippen molar-refractivity contribution >= 4 is 11.9 Å². The van der Waals surface area contributed by atoms with E-state index in [1.807, 2.05) is 4.90 Å². The molecule has 2 fully saturated rings. The molecule has 1 atom stereocenters. The van der Waals surface area contributed by atoms with Crippen LogP contribution in [0.5, 0.6) is 0 Å². The van der Waals surface area contributed by atoms with Gasteiger partial charge in [-0.3, -0.25) is 14.7 Å². The minimum atomic E-state index is 0.168. The molecular formula is C19H38N6O. The second-order valence-electron chi connectivity index (χ2n) is 7.84. The first kappa shape index (κ1) is 21.0. The summed E-state index contributed by atoms with van der Waals surface area (Å²) in [4.78, 5) is 25.8. The predicted octanol–water partition coefficient (Wildman–Crippen LogP) is 0.388. The summed E-state index contributed by atoms with van der Waals surface area (Å²) in [5.74, 6) is 1.75. The maximum atomic E-state index is 11.5. The maximum Gasteiger partial charge on any atom is 0.219 e. The van der Waals surface area contributed by atoms with E-state index in [9.17, 15) is 4.79 Å². The standard InChI is InChI=1S/C19H38N6O/c1-6-20-19(25-13-11-23(12-14-25)17(4)26)21-15-18(16(2)3)24-9-7-22(5)8-10-24/h16,18H,6-15H2,1-5H3,(H,20,21). The first-order valence-electron chi connectivity index (χ1n) is 10.1. The van der Waals surface area contributed by atoms with Crippen molar-refractivity contribution in [1.82, 2.24) is 24.9 Å². The Morgan fingerprint density at radius 2 is 1.58 bits per heavy atom. The highest BCUT2D eigenvalue weighted by Gasteiger charge is 2.26. The monoisotopic (exact) mass is 366 g/mol. The van der Waals surface area contributed by atoms with E-state index in [0.29, 0.717) is 12.0 Å². The number of hydrogen-bond donors (Lipinski definition) is 1. The number of carbonyl (C=O) groups excluding carboxylic acids is 1. The van der Waals surface area contributed by atoms with Crippen LogP contribution in [0.3, 0.4) is 0 Å². The van der Waals surface area contributed by atoms with Crippen molar-refractivity contribution in [3.8, 4) is 0 Å². The first-order chi connectivity index (χ1) is 12.4. The Labute approximate surface area is 159 Å². The third-order valence-corrected chi connectivity index (χ3v) is 5.56. The first-order valence-corrected chi connectivity index (χ1v) is 10.1. The van der Waals surface area contributed by atoms with Crippen LogP contribution in [-0.2, 0) is 4.79 Å². The van der Waals surface area contributed by atoms with E-state index in [-0.39, 0.29) is 5.91 Å². The van der Waals surface area contributed by atoms with Gasteiger partial charge in [0.2, 0.25) is 5.91 Å². The van der Waals surface area contributed by atoms with E-state index in [2.05, 4.69) is 47.8 Å². The van der Waals surface area contributed by atoms with Gasteiger partial charge in [-0.25, -0.2) is 0 Å². The zero-order chi connectivity index (χ0) is 19.1. The smallest absolute Gasteiger partial charge is 0.219 e. The average Bonchev–Trinajstić information content (AvgIpc) is 2.62. The molecule has 0 bridgehead atoms. The second kappa shape index (κ2) is 10.1. The van der Waals surface area contributed by atoms with Crippen LogP contribution in [0, 0.1) is 5.92 Å². The topological polar surface area (TPSA) is 54.4 Å². The molecule has 1 unspecified atom stereocenters. The summed E-state index contributed by atoms with van der Waals surface area (Å²) >= 11 is 0. The zero-order valence-electron chi connectivity index (χ0n) is 17.4. The Kier molecular flexibility index (Phi) is 8.15. The van der Waals surface area contributed by atoms with Gasteiger partial charge in [0, 0.05) is 71.9 Å². The van der Waals surface area contributed by atoms with E-state index in [1.54, 1.807) is 6.92 Å². The summed E-state index contributed by atoms with van der Waals surface area (Å²) < 4.78 is 0. The van der Waals surface area contributed by atoms with E-state index in [0.717, 1.165) is 71.4 Å². The SMILES string of the molecule is CCNC(=NCC(C(C)C)N1CCN(C)CC1)N1CCN(C(C)=O)CC1. The molecule has 2 saturated heterocycles. The summed E-state index contributed by atoms with van der Waals surface area (Å²) in [6.45, 7) is 17.9. The van der Waals surface area contributed by atoms with Gasteiger partial charge in [-0.05, 0) is 19.9 Å². The molecule has 0 radical (unpaired) electrons. The summed E-state index contributed by atoms with van der Waals surface area (Å²) in [5.41, 5.74) is 0. The van der Waals surface area contributed by atoms with Gasteiger partial charge in [0.15, 0.2) is 5.96 Å². The van der Waals surface area contributed by atoms with Gasteiger partial charge in [-0.1, -0.05) is 13.8 Å². The third kappa shape index (κ3) is 5.84. The molecule has 0 aromatic rings. The van der Waals surface area contributed by atoms with E-state index < -0.39 is 0 Å². The molecule has 2 aliphatic rings. The van der Waals surface area contributed by atoms with Gasteiger partial charge in [-0.15, -0.1) is 0 Å². The van der Waals surface area contributed by atoms with Crippen LogP contribution in [0.1, 0.15) is 27.7 Å². The van der Waals surface area contributed by atoms with Gasteiger partial charge in [0.05, 0.1) is 6.54 Å². The molecule has 7 nitrogen and oxygen atoms in total. The van der Waals surface area contributed by atoms with Crippen molar-refractivity contribution in [3.63, 3.8) is 0 Å². The molecule has 150 valence electrons. The largest absolute Gasteiger partial charge is 0.357 e. The highest BCUT2D eigenvalue weighted by Crippen LogP contribution is 2.14. The fraction of sp³-hybridized carbons (Fsp3) is 0.895. The average molecular weight is 367 g/mol. The highest BCUT2D eigenvalue weighted by molar-refractivity contribution is 5.80. The number of nitrogens with one attached hydrogen (secondary N) is 1. The number of likely N-dealkylation sites (N-methyl/N-ethyl adjacent to an activating group) is 1. The van der Waals surface area contributed by atoms with Crippen molar-refractivity contribution in [2.24, 2.45) is 10.9 Å². The van der Waals surface area contributed by atoms with E-state index in [4.69, 9.17) is 4.99 Å². The summed E-state index contributed by atoms with van der Waals surface area (Å²) in [7, 11) is 2.20. The third-order valence-electron chi connectivity index (χ3n) is 5.56.